The molecule has 1 saturated carbocycles. The molecule has 5 aromatic heterocycles. The zero-order valence-electron chi connectivity index (χ0n) is 36.7. The molecule has 5 heterocycles. The van der Waals surface area contributed by atoms with Crippen LogP contribution >= 0.6 is 0 Å². The Balaban J connectivity index is 0.000000183. The number of nitrogens with zero attached hydrogens (tertiary/aromatic N) is 8. The van der Waals surface area contributed by atoms with Gasteiger partial charge in [0.15, 0.2) is 5.82 Å². The summed E-state index contributed by atoms with van der Waals surface area (Å²) in [4.78, 5) is 28.6. The minimum absolute atomic E-state index is 0. The predicted molar refractivity (Wildman–Crippen MR) is 245 cm³/mol. The van der Waals surface area contributed by atoms with Crippen LogP contribution in [0.25, 0.3) is 78.7 Å². The van der Waals surface area contributed by atoms with E-state index in [0.717, 1.165) is 73.4 Å². The molecule has 0 saturated heterocycles. The van der Waals surface area contributed by atoms with E-state index in [1.54, 1.807) is 0 Å². The number of aromatic nitrogens is 8. The van der Waals surface area contributed by atoms with Gasteiger partial charge in [-0.25, -0.2) is 19.9 Å². The van der Waals surface area contributed by atoms with Crippen LogP contribution in [0.5, 0.6) is 0 Å². The number of benzene rings is 4. The monoisotopic (exact) mass is 997 g/mol. The Morgan fingerprint density at radius 2 is 1.37 bits per heavy atom. The van der Waals surface area contributed by atoms with Crippen LogP contribution in [0.4, 0.5) is 0 Å². The third kappa shape index (κ3) is 8.51. The van der Waals surface area contributed by atoms with Crippen molar-refractivity contribution in [1.82, 2.24) is 39.0 Å². The van der Waals surface area contributed by atoms with Crippen molar-refractivity contribution >= 4 is 33.1 Å². The SMILES string of the molecule is Cn1c(-c2[c-]cc3c(c2)oc2nc(-c4nc(C(C)(C)C)nc(C(C)(C)C)n4)ccc23)nc2ccccc21.Cn1c(-c2ccc(C3CCCCC3)cc2)cnc1-c1[c-]cccc1.[Ir]. The fourth-order valence-electron chi connectivity index (χ4n) is 8.22. The molecular weight excluding hydrogens is 945 g/mol. The van der Waals surface area contributed by atoms with Gasteiger partial charge in [-0.15, -0.1) is 53.6 Å². The zero-order valence-corrected chi connectivity index (χ0v) is 39.1. The van der Waals surface area contributed by atoms with Crippen LogP contribution in [0, 0.1) is 12.1 Å². The summed E-state index contributed by atoms with van der Waals surface area (Å²) in [6.45, 7) is 12.6. The molecule has 0 aliphatic heterocycles. The number of imidazole rings is 2. The number of fused-ring (bicyclic) bond motifs is 4. The first-order valence-corrected chi connectivity index (χ1v) is 21.4. The minimum atomic E-state index is -0.219. The summed E-state index contributed by atoms with van der Waals surface area (Å²) in [5.41, 5.74) is 9.30. The molecule has 10 rings (SSSR count). The van der Waals surface area contributed by atoms with E-state index in [1.807, 2.05) is 73.9 Å². The maximum atomic E-state index is 6.25. The Labute approximate surface area is 377 Å². The van der Waals surface area contributed by atoms with Gasteiger partial charge in [0.2, 0.25) is 5.71 Å². The van der Waals surface area contributed by atoms with Gasteiger partial charge in [0.25, 0.3) is 0 Å². The van der Waals surface area contributed by atoms with Crippen LogP contribution in [-0.2, 0) is 45.0 Å². The van der Waals surface area contributed by atoms with Gasteiger partial charge in [-0.05, 0) is 48.1 Å². The van der Waals surface area contributed by atoms with E-state index >= 15 is 0 Å². The number of furan rings is 1. The van der Waals surface area contributed by atoms with Crippen molar-refractivity contribution in [3.63, 3.8) is 0 Å². The van der Waals surface area contributed by atoms with Crippen LogP contribution in [-0.4, -0.2) is 39.0 Å². The molecule has 1 fully saturated rings. The molecule has 0 spiro atoms. The van der Waals surface area contributed by atoms with Crippen molar-refractivity contribution in [3.8, 4) is 45.6 Å². The van der Waals surface area contributed by atoms with E-state index in [9.17, 15) is 0 Å². The Kier molecular flexibility index (Phi) is 11.8. The number of para-hydroxylation sites is 2. The van der Waals surface area contributed by atoms with Crippen LogP contribution in [0.2, 0.25) is 0 Å². The van der Waals surface area contributed by atoms with E-state index in [-0.39, 0.29) is 30.9 Å². The predicted octanol–water partition coefficient (Wildman–Crippen LogP) is 12.4. The summed E-state index contributed by atoms with van der Waals surface area (Å²) in [6, 6.07) is 39.8. The van der Waals surface area contributed by atoms with E-state index in [1.165, 1.54) is 43.2 Å². The van der Waals surface area contributed by atoms with Crippen molar-refractivity contribution in [2.24, 2.45) is 14.1 Å². The second-order valence-corrected chi connectivity index (χ2v) is 18.3. The smallest absolute Gasteiger partial charge is 0.216 e. The second-order valence-electron chi connectivity index (χ2n) is 18.3. The summed E-state index contributed by atoms with van der Waals surface area (Å²) in [5, 5.41) is 1.88. The Bertz CT molecular complexity index is 2970. The molecule has 10 heteroatoms. The Hall–Kier alpha value is -5.83. The second kappa shape index (κ2) is 17.1. The van der Waals surface area contributed by atoms with Gasteiger partial charge in [0.1, 0.15) is 17.3 Å². The molecule has 1 radical (unpaired) electrons. The van der Waals surface area contributed by atoms with Crippen molar-refractivity contribution in [2.75, 3.05) is 0 Å². The molecule has 9 nitrogen and oxygen atoms in total. The van der Waals surface area contributed by atoms with Gasteiger partial charge in [-0.1, -0.05) is 115 Å². The van der Waals surface area contributed by atoms with E-state index < -0.39 is 0 Å². The molecule has 4 aromatic carbocycles. The molecule has 0 atom stereocenters. The van der Waals surface area contributed by atoms with Crippen LogP contribution in [0.15, 0.2) is 108 Å². The quantitative estimate of drug-likeness (QED) is 0.158. The van der Waals surface area contributed by atoms with Gasteiger partial charge in [0, 0.05) is 56.6 Å². The van der Waals surface area contributed by atoms with Gasteiger partial charge < -0.3 is 13.6 Å². The summed E-state index contributed by atoms with van der Waals surface area (Å²) in [7, 11) is 4.09. The molecule has 9 aromatic rings. The maximum Gasteiger partial charge on any atom is 0.216 e. The summed E-state index contributed by atoms with van der Waals surface area (Å²) >= 11 is 0. The molecule has 1 aliphatic carbocycles. The third-order valence-electron chi connectivity index (χ3n) is 11.7. The number of aryl methyl sites for hydroxylation is 1. The van der Waals surface area contributed by atoms with Gasteiger partial charge in [0.05, 0.1) is 34.0 Å². The van der Waals surface area contributed by atoms with Gasteiger partial charge in [-0.3, -0.25) is 9.97 Å². The molecule has 0 bridgehead atoms. The average molecular weight is 997 g/mol. The number of hydrogen-bond donors (Lipinski definition) is 0. The number of hydrogen-bond acceptors (Lipinski definition) is 7. The van der Waals surface area contributed by atoms with E-state index in [0.29, 0.717) is 17.2 Å². The first kappa shape index (κ1) is 42.8. The zero-order chi connectivity index (χ0) is 42.5. The van der Waals surface area contributed by atoms with Crippen LogP contribution < -0.4 is 0 Å². The fourth-order valence-corrected chi connectivity index (χ4v) is 8.22. The summed E-state index contributed by atoms with van der Waals surface area (Å²) < 4.78 is 10.5. The van der Waals surface area contributed by atoms with E-state index in [4.69, 9.17) is 29.3 Å². The van der Waals surface area contributed by atoms with E-state index in [2.05, 4.69) is 111 Å². The fraction of sp³-hybridized carbons (Fsp3) is 0.308. The molecule has 317 valence electrons. The molecular formula is C52H52IrN8O-2. The molecule has 0 unspecified atom stereocenters. The first-order valence-electron chi connectivity index (χ1n) is 21.4. The van der Waals surface area contributed by atoms with Crippen LogP contribution in [0.1, 0.15) is 96.8 Å². The van der Waals surface area contributed by atoms with Crippen molar-refractivity contribution in [1.29, 1.82) is 0 Å². The number of pyridine rings is 1. The van der Waals surface area contributed by atoms with Crippen molar-refractivity contribution < 1.29 is 24.5 Å². The standard InChI is InChI=1S/C30H29N6O.C22H23N2.Ir/c1-29(2,3)27-33-24(34-28(35-27)30(4,5)6)21-15-14-19-18-13-12-17(16-23(18)37-26(19)32-21)25-31-20-10-8-9-11-22(20)36(25)7;1-24-21(16-23-22(24)20-10-6-3-7-11-20)19-14-12-18(13-15-19)17-8-4-2-5-9-17;/h8-11,13-16H,1-7H3;3,6-7,10,12-17H,2,4-5,8-9H2,1H3;/q2*-1;. The third-order valence-corrected chi connectivity index (χ3v) is 11.7. The molecule has 1 aliphatic rings. The Morgan fingerprint density at radius 1 is 0.661 bits per heavy atom. The van der Waals surface area contributed by atoms with Gasteiger partial charge >= 0.3 is 0 Å². The van der Waals surface area contributed by atoms with Crippen molar-refractivity contribution in [2.45, 2.75) is 90.4 Å². The summed E-state index contributed by atoms with van der Waals surface area (Å²) in [5.74, 6) is 4.60. The first-order chi connectivity index (χ1) is 29.3. The number of rotatable bonds is 5. The van der Waals surface area contributed by atoms with Crippen molar-refractivity contribution in [3.05, 3.63) is 133 Å². The Morgan fingerprint density at radius 3 is 2.05 bits per heavy atom. The molecule has 0 amide bonds. The van der Waals surface area contributed by atoms with Gasteiger partial charge in [-0.2, -0.15) is 0 Å². The average Bonchev–Trinajstić information content (AvgIpc) is 3.95. The normalized spacial score (nSPS) is 13.6. The minimum Gasteiger partial charge on any atom is -0.458 e. The maximum absolute atomic E-state index is 6.25. The molecule has 0 N–H and O–H groups in total. The van der Waals surface area contributed by atoms with Crippen LogP contribution in [0.3, 0.4) is 0 Å². The summed E-state index contributed by atoms with van der Waals surface area (Å²) in [6.07, 6.45) is 8.82. The molecule has 62 heavy (non-hydrogen) atoms. The largest absolute Gasteiger partial charge is 0.458 e. The topological polar surface area (TPSA) is 100 Å².